The van der Waals surface area contributed by atoms with Gasteiger partial charge < -0.3 is 5.32 Å². The number of halogens is 1. The highest BCUT2D eigenvalue weighted by molar-refractivity contribution is 9.10. The van der Waals surface area contributed by atoms with Crippen LogP contribution in [-0.4, -0.2) is 14.8 Å². The van der Waals surface area contributed by atoms with Crippen LogP contribution in [0.3, 0.4) is 0 Å². The number of aromatic nitrogens is 3. The Balaban J connectivity index is 1.95. The number of hydrogen-bond donors (Lipinski definition) is 1. The second-order valence-electron chi connectivity index (χ2n) is 3.93. The topological polar surface area (TPSA) is 42.7 Å². The molecule has 4 nitrogen and oxygen atoms in total. The molecular weight excluding hydrogens is 280 g/mol. The maximum Gasteiger partial charge on any atom is 0.0739 e. The van der Waals surface area contributed by atoms with Gasteiger partial charge in [-0.15, -0.1) is 0 Å². The van der Waals surface area contributed by atoms with E-state index in [-0.39, 0.29) is 0 Å². The number of aryl methyl sites for hydroxylation is 2. The van der Waals surface area contributed by atoms with Gasteiger partial charge in [0.2, 0.25) is 0 Å². The first kappa shape index (κ1) is 12.3. The third-order valence-electron chi connectivity index (χ3n) is 2.63. The monoisotopic (exact) mass is 294 g/mol. The zero-order chi connectivity index (χ0) is 12.3. The fourth-order valence-corrected chi connectivity index (χ4v) is 2.17. The van der Waals surface area contributed by atoms with Gasteiger partial charge in [-0.3, -0.25) is 9.67 Å². The van der Waals surface area contributed by atoms with E-state index in [2.05, 4.69) is 31.3 Å². The molecule has 2 aromatic rings. The van der Waals surface area contributed by atoms with E-state index in [4.69, 9.17) is 0 Å². The summed E-state index contributed by atoms with van der Waals surface area (Å²) in [5.41, 5.74) is 3.42. The molecule has 0 aliphatic heterocycles. The van der Waals surface area contributed by atoms with E-state index in [1.165, 1.54) is 5.56 Å². The van der Waals surface area contributed by atoms with Gasteiger partial charge in [0.25, 0.3) is 0 Å². The molecule has 0 aliphatic rings. The molecule has 0 aliphatic carbocycles. The lowest BCUT2D eigenvalue weighted by molar-refractivity contribution is 0.623. The Labute approximate surface area is 109 Å². The molecule has 0 fully saturated rings. The van der Waals surface area contributed by atoms with E-state index in [1.807, 2.05) is 30.8 Å². The molecule has 0 saturated heterocycles. The van der Waals surface area contributed by atoms with Crippen molar-refractivity contribution in [2.24, 2.45) is 7.05 Å². The van der Waals surface area contributed by atoms with Gasteiger partial charge in [-0.2, -0.15) is 5.10 Å². The number of pyridine rings is 1. The molecular formula is C12H15BrN4. The van der Waals surface area contributed by atoms with Crippen LogP contribution in [-0.2, 0) is 20.1 Å². The normalized spacial score (nSPS) is 10.8. The highest BCUT2D eigenvalue weighted by Gasteiger charge is 2.09. The molecule has 0 radical (unpaired) electrons. The minimum Gasteiger partial charge on any atom is -0.307 e. The van der Waals surface area contributed by atoms with Gasteiger partial charge in [-0.1, -0.05) is 0 Å². The standard InChI is InChI=1S/C12H15BrN4/c1-9-12(13)11(17(2)16-9)8-15-7-10-3-5-14-6-4-10/h3-6,15H,7-8H2,1-2H3. The zero-order valence-corrected chi connectivity index (χ0v) is 11.5. The van der Waals surface area contributed by atoms with Crippen LogP contribution in [0, 0.1) is 6.92 Å². The highest BCUT2D eigenvalue weighted by Crippen LogP contribution is 2.19. The first-order valence-electron chi connectivity index (χ1n) is 5.46. The Bertz CT molecular complexity index is 493. The van der Waals surface area contributed by atoms with E-state index < -0.39 is 0 Å². The molecule has 0 aromatic carbocycles. The van der Waals surface area contributed by atoms with Crippen molar-refractivity contribution in [1.29, 1.82) is 0 Å². The quantitative estimate of drug-likeness (QED) is 0.940. The van der Waals surface area contributed by atoms with E-state index in [1.54, 1.807) is 12.4 Å². The van der Waals surface area contributed by atoms with Crippen molar-refractivity contribution in [3.63, 3.8) is 0 Å². The van der Waals surface area contributed by atoms with Gasteiger partial charge in [0.15, 0.2) is 0 Å². The van der Waals surface area contributed by atoms with E-state index >= 15 is 0 Å². The molecule has 0 amide bonds. The summed E-state index contributed by atoms with van der Waals surface area (Å²) in [5, 5.41) is 7.75. The summed E-state index contributed by atoms with van der Waals surface area (Å²) in [6.07, 6.45) is 3.61. The average Bonchev–Trinajstić information content (AvgIpc) is 2.57. The van der Waals surface area contributed by atoms with Crippen molar-refractivity contribution >= 4 is 15.9 Å². The maximum atomic E-state index is 4.36. The van der Waals surface area contributed by atoms with Crippen molar-refractivity contribution < 1.29 is 0 Å². The Morgan fingerprint density at radius 2 is 2.00 bits per heavy atom. The van der Waals surface area contributed by atoms with Crippen molar-refractivity contribution in [1.82, 2.24) is 20.1 Å². The van der Waals surface area contributed by atoms with Gasteiger partial charge in [0.05, 0.1) is 15.9 Å². The molecule has 2 aromatic heterocycles. The number of nitrogens with zero attached hydrogens (tertiary/aromatic N) is 3. The average molecular weight is 295 g/mol. The van der Waals surface area contributed by atoms with Gasteiger partial charge in [0, 0.05) is 32.5 Å². The second kappa shape index (κ2) is 5.42. The Morgan fingerprint density at radius 3 is 2.59 bits per heavy atom. The highest BCUT2D eigenvalue weighted by atomic mass is 79.9. The largest absolute Gasteiger partial charge is 0.307 e. The van der Waals surface area contributed by atoms with Crippen molar-refractivity contribution in [2.75, 3.05) is 0 Å². The molecule has 17 heavy (non-hydrogen) atoms. The minimum atomic E-state index is 0.792. The van der Waals surface area contributed by atoms with Crippen LogP contribution in [0.15, 0.2) is 29.0 Å². The Hall–Kier alpha value is -1.20. The van der Waals surface area contributed by atoms with Crippen LogP contribution in [0.1, 0.15) is 17.0 Å². The summed E-state index contributed by atoms with van der Waals surface area (Å²) in [7, 11) is 1.96. The summed E-state index contributed by atoms with van der Waals surface area (Å²) >= 11 is 3.55. The number of hydrogen-bond acceptors (Lipinski definition) is 3. The molecule has 2 heterocycles. The van der Waals surface area contributed by atoms with Crippen LogP contribution in [0.5, 0.6) is 0 Å². The number of nitrogens with one attached hydrogen (secondary N) is 1. The maximum absolute atomic E-state index is 4.36. The molecule has 0 unspecified atom stereocenters. The summed E-state index contributed by atoms with van der Waals surface area (Å²) < 4.78 is 2.99. The molecule has 90 valence electrons. The van der Waals surface area contributed by atoms with Crippen LogP contribution in [0.25, 0.3) is 0 Å². The Kier molecular flexibility index (Phi) is 3.91. The molecule has 5 heteroatoms. The Morgan fingerprint density at radius 1 is 1.29 bits per heavy atom. The second-order valence-corrected chi connectivity index (χ2v) is 4.72. The summed E-state index contributed by atoms with van der Waals surface area (Å²) in [4.78, 5) is 3.99. The molecule has 0 atom stereocenters. The number of rotatable bonds is 4. The fraction of sp³-hybridized carbons (Fsp3) is 0.333. The molecule has 2 rings (SSSR count). The summed E-state index contributed by atoms with van der Waals surface area (Å²) in [6.45, 7) is 3.62. The lowest BCUT2D eigenvalue weighted by Gasteiger charge is -2.05. The smallest absolute Gasteiger partial charge is 0.0739 e. The van der Waals surface area contributed by atoms with E-state index in [9.17, 15) is 0 Å². The third-order valence-corrected chi connectivity index (χ3v) is 3.66. The first-order chi connectivity index (χ1) is 8.18. The van der Waals surface area contributed by atoms with Gasteiger partial charge in [-0.05, 0) is 40.5 Å². The van der Waals surface area contributed by atoms with Crippen LogP contribution in [0.2, 0.25) is 0 Å². The predicted octanol–water partition coefficient (Wildman–Crippen LogP) is 2.18. The molecule has 0 saturated carbocycles. The third kappa shape index (κ3) is 2.92. The van der Waals surface area contributed by atoms with Crippen molar-refractivity contribution in [2.45, 2.75) is 20.0 Å². The van der Waals surface area contributed by atoms with Gasteiger partial charge >= 0.3 is 0 Å². The fourth-order valence-electron chi connectivity index (χ4n) is 1.70. The predicted molar refractivity (Wildman–Crippen MR) is 70.4 cm³/mol. The molecule has 0 bridgehead atoms. The van der Waals surface area contributed by atoms with Gasteiger partial charge in [0.1, 0.15) is 0 Å². The van der Waals surface area contributed by atoms with E-state index in [0.29, 0.717) is 0 Å². The van der Waals surface area contributed by atoms with Crippen LogP contribution >= 0.6 is 15.9 Å². The van der Waals surface area contributed by atoms with Crippen LogP contribution in [0.4, 0.5) is 0 Å². The van der Waals surface area contributed by atoms with Crippen molar-refractivity contribution in [3.8, 4) is 0 Å². The SMILES string of the molecule is Cc1nn(C)c(CNCc2ccncc2)c1Br. The summed E-state index contributed by atoms with van der Waals surface area (Å²) in [6, 6.07) is 4.02. The molecule has 0 spiro atoms. The minimum absolute atomic E-state index is 0.792. The van der Waals surface area contributed by atoms with Gasteiger partial charge in [-0.25, -0.2) is 0 Å². The summed E-state index contributed by atoms with van der Waals surface area (Å²) in [5.74, 6) is 0. The van der Waals surface area contributed by atoms with E-state index in [0.717, 1.165) is 29.0 Å². The zero-order valence-electron chi connectivity index (χ0n) is 9.94. The lowest BCUT2D eigenvalue weighted by Crippen LogP contribution is -2.15. The lowest BCUT2D eigenvalue weighted by atomic mass is 10.2. The van der Waals surface area contributed by atoms with Crippen molar-refractivity contribution in [3.05, 3.63) is 46.0 Å². The molecule has 1 N–H and O–H groups in total. The van der Waals surface area contributed by atoms with Crippen LogP contribution < -0.4 is 5.32 Å². The first-order valence-corrected chi connectivity index (χ1v) is 6.25.